The third kappa shape index (κ3) is 5.40. The molecule has 1 unspecified atom stereocenters. The quantitative estimate of drug-likeness (QED) is 0.717. The second kappa shape index (κ2) is 8.73. The molecule has 124 valence electrons. The Kier molecular flexibility index (Phi) is 6.66. The van der Waals surface area contributed by atoms with Gasteiger partial charge < -0.3 is 10.1 Å². The molecule has 0 aliphatic heterocycles. The molecule has 0 saturated carbocycles. The van der Waals surface area contributed by atoms with Crippen LogP contribution in [0.25, 0.3) is 0 Å². The van der Waals surface area contributed by atoms with Crippen molar-refractivity contribution in [3.8, 4) is 5.75 Å². The molecule has 2 nitrogen and oxygen atoms in total. The molecular weight excluding hydrogens is 282 g/mol. The van der Waals surface area contributed by atoms with E-state index in [1.165, 1.54) is 16.7 Å². The summed E-state index contributed by atoms with van der Waals surface area (Å²) >= 11 is 0. The van der Waals surface area contributed by atoms with Crippen LogP contribution in [0.5, 0.6) is 5.75 Å². The molecule has 0 amide bonds. The van der Waals surface area contributed by atoms with Gasteiger partial charge in [-0.1, -0.05) is 57.2 Å². The van der Waals surface area contributed by atoms with Crippen molar-refractivity contribution in [2.75, 3.05) is 6.61 Å². The van der Waals surface area contributed by atoms with E-state index < -0.39 is 0 Å². The number of benzene rings is 2. The summed E-state index contributed by atoms with van der Waals surface area (Å²) in [7, 11) is 0. The fourth-order valence-corrected chi connectivity index (χ4v) is 2.60. The lowest BCUT2D eigenvalue weighted by Crippen LogP contribution is -2.20. The first kappa shape index (κ1) is 17.6. The molecule has 0 radical (unpaired) electrons. The van der Waals surface area contributed by atoms with E-state index in [1.54, 1.807) is 0 Å². The Labute approximate surface area is 140 Å². The van der Waals surface area contributed by atoms with Crippen molar-refractivity contribution in [3.63, 3.8) is 0 Å². The lowest BCUT2D eigenvalue weighted by molar-refractivity contribution is 0.271. The van der Waals surface area contributed by atoms with E-state index in [0.29, 0.717) is 12.0 Å². The molecule has 1 N–H and O–H groups in total. The Bertz CT molecular complexity index is 589. The standard InChI is InChI=1S/C21H29NO/c1-5-21(22-14-19-9-7-6-8-17(19)4)18-10-12-20(13-11-18)23-15-16(2)3/h6-13,16,21-22H,5,14-15H2,1-4H3. The van der Waals surface area contributed by atoms with Gasteiger partial charge >= 0.3 is 0 Å². The normalized spacial score (nSPS) is 12.4. The highest BCUT2D eigenvalue weighted by molar-refractivity contribution is 5.30. The highest BCUT2D eigenvalue weighted by atomic mass is 16.5. The van der Waals surface area contributed by atoms with Crippen LogP contribution < -0.4 is 10.1 Å². The Balaban J connectivity index is 1.96. The number of rotatable bonds is 8. The fraction of sp³-hybridized carbons (Fsp3) is 0.429. The van der Waals surface area contributed by atoms with Gasteiger partial charge in [0.15, 0.2) is 0 Å². The molecule has 0 aliphatic carbocycles. The van der Waals surface area contributed by atoms with Crippen molar-refractivity contribution in [2.45, 2.75) is 46.7 Å². The molecular formula is C21H29NO. The first-order chi connectivity index (χ1) is 11.1. The van der Waals surface area contributed by atoms with Crippen molar-refractivity contribution in [2.24, 2.45) is 5.92 Å². The van der Waals surface area contributed by atoms with Crippen molar-refractivity contribution in [1.82, 2.24) is 5.32 Å². The van der Waals surface area contributed by atoms with Crippen LogP contribution in [0.1, 0.15) is 49.9 Å². The number of hydrogen-bond donors (Lipinski definition) is 1. The maximum atomic E-state index is 5.76. The first-order valence-electron chi connectivity index (χ1n) is 8.60. The Morgan fingerprint density at radius 2 is 1.70 bits per heavy atom. The highest BCUT2D eigenvalue weighted by Crippen LogP contribution is 2.21. The van der Waals surface area contributed by atoms with E-state index in [0.717, 1.165) is 25.3 Å². The van der Waals surface area contributed by atoms with Gasteiger partial charge in [-0.25, -0.2) is 0 Å². The minimum atomic E-state index is 0.369. The molecule has 23 heavy (non-hydrogen) atoms. The molecule has 0 heterocycles. The van der Waals surface area contributed by atoms with E-state index in [9.17, 15) is 0 Å². The smallest absolute Gasteiger partial charge is 0.119 e. The minimum absolute atomic E-state index is 0.369. The third-order valence-electron chi connectivity index (χ3n) is 4.07. The number of nitrogens with one attached hydrogen (secondary N) is 1. The predicted molar refractivity (Wildman–Crippen MR) is 97.8 cm³/mol. The molecule has 0 saturated heterocycles. The van der Waals surface area contributed by atoms with Crippen LogP contribution in [0.2, 0.25) is 0 Å². The van der Waals surface area contributed by atoms with Crippen molar-refractivity contribution in [3.05, 3.63) is 65.2 Å². The number of hydrogen-bond acceptors (Lipinski definition) is 2. The van der Waals surface area contributed by atoms with E-state index in [-0.39, 0.29) is 0 Å². The summed E-state index contributed by atoms with van der Waals surface area (Å²) in [4.78, 5) is 0. The van der Waals surface area contributed by atoms with E-state index in [4.69, 9.17) is 4.74 Å². The summed E-state index contributed by atoms with van der Waals surface area (Å²) in [5.41, 5.74) is 4.02. The zero-order chi connectivity index (χ0) is 16.7. The Hall–Kier alpha value is -1.80. The zero-order valence-corrected chi connectivity index (χ0v) is 14.8. The predicted octanol–water partition coefficient (Wildman–Crippen LogP) is 5.27. The van der Waals surface area contributed by atoms with E-state index >= 15 is 0 Å². The summed E-state index contributed by atoms with van der Waals surface area (Å²) in [6.07, 6.45) is 1.07. The topological polar surface area (TPSA) is 21.3 Å². The molecule has 0 spiro atoms. The van der Waals surface area contributed by atoms with Gasteiger partial charge in [-0.05, 0) is 48.1 Å². The molecule has 0 fully saturated rings. The van der Waals surface area contributed by atoms with Gasteiger partial charge in [0.1, 0.15) is 5.75 Å². The second-order valence-corrected chi connectivity index (χ2v) is 6.54. The molecule has 2 aromatic rings. The highest BCUT2D eigenvalue weighted by Gasteiger charge is 2.09. The maximum Gasteiger partial charge on any atom is 0.119 e. The second-order valence-electron chi connectivity index (χ2n) is 6.54. The molecule has 2 heteroatoms. The van der Waals surface area contributed by atoms with E-state index in [2.05, 4.69) is 81.5 Å². The molecule has 2 aromatic carbocycles. The summed E-state index contributed by atoms with van der Waals surface area (Å²) in [6, 6.07) is 17.4. The monoisotopic (exact) mass is 311 g/mol. The largest absolute Gasteiger partial charge is 0.493 e. The number of ether oxygens (including phenoxy) is 1. The first-order valence-corrected chi connectivity index (χ1v) is 8.60. The van der Waals surface area contributed by atoms with Crippen LogP contribution in [0.3, 0.4) is 0 Å². The summed E-state index contributed by atoms with van der Waals surface area (Å²) < 4.78 is 5.76. The van der Waals surface area contributed by atoms with Gasteiger partial charge in [0.05, 0.1) is 6.61 Å². The average Bonchev–Trinajstić information content (AvgIpc) is 2.56. The van der Waals surface area contributed by atoms with Crippen LogP contribution in [0, 0.1) is 12.8 Å². The lowest BCUT2D eigenvalue weighted by atomic mass is 10.0. The van der Waals surface area contributed by atoms with Crippen LogP contribution in [-0.4, -0.2) is 6.61 Å². The van der Waals surface area contributed by atoms with Gasteiger partial charge in [-0.15, -0.1) is 0 Å². The van der Waals surface area contributed by atoms with Crippen LogP contribution in [0.15, 0.2) is 48.5 Å². The molecule has 2 rings (SSSR count). The van der Waals surface area contributed by atoms with E-state index in [1.807, 2.05) is 0 Å². The van der Waals surface area contributed by atoms with Crippen LogP contribution >= 0.6 is 0 Å². The van der Waals surface area contributed by atoms with Crippen molar-refractivity contribution >= 4 is 0 Å². The zero-order valence-electron chi connectivity index (χ0n) is 14.8. The summed E-state index contributed by atoms with van der Waals surface area (Å²) in [5, 5.41) is 3.67. The maximum absolute atomic E-state index is 5.76. The summed E-state index contributed by atoms with van der Waals surface area (Å²) in [5.74, 6) is 1.50. The average molecular weight is 311 g/mol. The van der Waals surface area contributed by atoms with Gasteiger partial charge in [-0.3, -0.25) is 0 Å². The van der Waals surface area contributed by atoms with Gasteiger partial charge in [-0.2, -0.15) is 0 Å². The van der Waals surface area contributed by atoms with Crippen LogP contribution in [0.4, 0.5) is 0 Å². The number of aryl methyl sites for hydroxylation is 1. The Morgan fingerprint density at radius 1 is 1.00 bits per heavy atom. The van der Waals surface area contributed by atoms with Crippen LogP contribution in [-0.2, 0) is 6.54 Å². The summed E-state index contributed by atoms with van der Waals surface area (Å²) in [6.45, 7) is 10.4. The molecule has 0 bridgehead atoms. The van der Waals surface area contributed by atoms with Crippen molar-refractivity contribution < 1.29 is 4.74 Å². The Morgan fingerprint density at radius 3 is 2.30 bits per heavy atom. The minimum Gasteiger partial charge on any atom is -0.493 e. The van der Waals surface area contributed by atoms with Gasteiger partial charge in [0.25, 0.3) is 0 Å². The van der Waals surface area contributed by atoms with Gasteiger partial charge in [0.2, 0.25) is 0 Å². The lowest BCUT2D eigenvalue weighted by Gasteiger charge is -2.19. The molecule has 1 atom stereocenters. The third-order valence-corrected chi connectivity index (χ3v) is 4.07. The van der Waals surface area contributed by atoms with Crippen molar-refractivity contribution in [1.29, 1.82) is 0 Å². The van der Waals surface area contributed by atoms with Gasteiger partial charge in [0, 0.05) is 12.6 Å². The fourth-order valence-electron chi connectivity index (χ4n) is 2.60. The molecule has 0 aromatic heterocycles. The SMILES string of the molecule is CCC(NCc1ccccc1C)c1ccc(OCC(C)C)cc1. The molecule has 0 aliphatic rings.